The zero-order chi connectivity index (χ0) is 8.27. The van der Waals surface area contributed by atoms with Gasteiger partial charge in [0.2, 0.25) is 0 Å². The van der Waals surface area contributed by atoms with Crippen molar-refractivity contribution < 1.29 is 15.0 Å². The zero-order valence-corrected chi connectivity index (χ0v) is 7.01. The van der Waals surface area contributed by atoms with E-state index in [4.69, 9.17) is 10.2 Å². The molecule has 3 nitrogen and oxygen atoms in total. The molecule has 1 rings (SSSR count). The van der Waals surface area contributed by atoms with Gasteiger partial charge in [-0.2, -0.15) is 0 Å². The highest BCUT2D eigenvalue weighted by molar-refractivity contribution is 8.14. The molecule has 0 spiro atoms. The fraction of sp³-hybridized carbons (Fsp3) is 0.857. The first-order valence-corrected chi connectivity index (χ1v) is 4.58. The Labute approximate surface area is 69.8 Å². The molecule has 1 heterocycles. The summed E-state index contributed by atoms with van der Waals surface area (Å²) >= 11 is 1.30. The molecule has 0 saturated carbocycles. The molecule has 0 aromatic carbocycles. The van der Waals surface area contributed by atoms with Crippen LogP contribution in [0, 0.1) is 0 Å². The van der Waals surface area contributed by atoms with E-state index in [9.17, 15) is 4.79 Å². The first kappa shape index (κ1) is 9.03. The van der Waals surface area contributed by atoms with Crippen molar-refractivity contribution in [1.29, 1.82) is 0 Å². The quantitative estimate of drug-likeness (QED) is 0.642. The summed E-state index contributed by atoms with van der Waals surface area (Å²) in [6.07, 6.45) is 1.35. The van der Waals surface area contributed by atoms with Crippen LogP contribution in [-0.2, 0) is 4.79 Å². The molecule has 64 valence electrons. The summed E-state index contributed by atoms with van der Waals surface area (Å²) in [7, 11) is 0. The molecule has 0 bridgehead atoms. The lowest BCUT2D eigenvalue weighted by molar-refractivity contribution is -0.110. The second-order valence-corrected chi connectivity index (χ2v) is 4.08. The van der Waals surface area contributed by atoms with Gasteiger partial charge in [-0.05, 0) is 12.8 Å². The number of hydrogen-bond acceptors (Lipinski definition) is 4. The predicted octanol–water partition coefficient (Wildman–Crippen LogP) is 0.152. The topological polar surface area (TPSA) is 57.5 Å². The molecule has 1 saturated heterocycles. The normalized spacial score (nSPS) is 27.5. The van der Waals surface area contributed by atoms with Crippen LogP contribution in [0.4, 0.5) is 0 Å². The van der Waals surface area contributed by atoms with Crippen LogP contribution in [0.5, 0.6) is 0 Å². The average Bonchev–Trinajstić information content (AvgIpc) is 2.35. The maximum absolute atomic E-state index is 10.7. The highest BCUT2D eigenvalue weighted by Crippen LogP contribution is 2.30. The lowest BCUT2D eigenvalue weighted by Crippen LogP contribution is -2.17. The molecule has 4 heteroatoms. The van der Waals surface area contributed by atoms with Crippen LogP contribution in [-0.4, -0.2) is 33.3 Å². The number of aliphatic hydroxyl groups is 2. The van der Waals surface area contributed by atoms with Gasteiger partial charge in [0.1, 0.15) is 0 Å². The van der Waals surface area contributed by atoms with E-state index in [0.29, 0.717) is 12.8 Å². The summed E-state index contributed by atoms with van der Waals surface area (Å²) < 4.78 is 0. The van der Waals surface area contributed by atoms with Gasteiger partial charge in [0.15, 0.2) is 5.12 Å². The number of rotatable bonds is 3. The Kier molecular flexibility index (Phi) is 3.36. The number of thioether (sulfide) groups is 1. The second-order valence-electron chi connectivity index (χ2n) is 2.72. The van der Waals surface area contributed by atoms with Crippen molar-refractivity contribution in [2.45, 2.75) is 30.6 Å². The Hall–Kier alpha value is -0.0600. The molecule has 1 aliphatic heterocycles. The number of carbonyl (C=O) groups is 1. The molecule has 2 atom stereocenters. The Morgan fingerprint density at radius 3 is 2.91 bits per heavy atom. The molecule has 1 fully saturated rings. The third-order valence-electron chi connectivity index (χ3n) is 1.71. The van der Waals surface area contributed by atoms with Gasteiger partial charge in [0, 0.05) is 11.7 Å². The predicted molar refractivity (Wildman–Crippen MR) is 43.3 cm³/mol. The Morgan fingerprint density at radius 2 is 2.45 bits per heavy atom. The van der Waals surface area contributed by atoms with Gasteiger partial charge >= 0.3 is 0 Å². The van der Waals surface area contributed by atoms with Crippen LogP contribution in [0.3, 0.4) is 0 Å². The van der Waals surface area contributed by atoms with Gasteiger partial charge in [-0.15, -0.1) is 0 Å². The van der Waals surface area contributed by atoms with Gasteiger partial charge in [0.25, 0.3) is 0 Å². The molecular formula is C7H12O3S. The van der Waals surface area contributed by atoms with Gasteiger partial charge in [-0.1, -0.05) is 11.8 Å². The van der Waals surface area contributed by atoms with Crippen LogP contribution in [0.15, 0.2) is 0 Å². The van der Waals surface area contributed by atoms with E-state index in [1.54, 1.807) is 0 Å². The number of aliphatic hydroxyl groups excluding tert-OH is 2. The van der Waals surface area contributed by atoms with Gasteiger partial charge in [0.05, 0.1) is 12.7 Å². The van der Waals surface area contributed by atoms with Crippen LogP contribution in [0.25, 0.3) is 0 Å². The summed E-state index contributed by atoms with van der Waals surface area (Å²) in [5.41, 5.74) is 0. The van der Waals surface area contributed by atoms with Crippen molar-refractivity contribution >= 4 is 16.9 Å². The standard InChI is InChI=1S/C7H12O3S/c8-4-5(9)3-6-1-2-7(10)11-6/h5-6,8-9H,1-4H2/t5-,6+/m0/s1. The van der Waals surface area contributed by atoms with Gasteiger partial charge < -0.3 is 10.2 Å². The van der Waals surface area contributed by atoms with E-state index in [-0.39, 0.29) is 17.0 Å². The largest absolute Gasteiger partial charge is 0.394 e. The van der Waals surface area contributed by atoms with Gasteiger partial charge in [-0.25, -0.2) is 0 Å². The molecule has 0 radical (unpaired) electrons. The fourth-order valence-corrected chi connectivity index (χ4v) is 2.29. The molecule has 0 amide bonds. The monoisotopic (exact) mass is 176 g/mol. The Balaban J connectivity index is 2.22. The minimum atomic E-state index is -0.654. The third-order valence-corrected chi connectivity index (χ3v) is 2.94. The SMILES string of the molecule is O=C1CC[C@H](C[C@H](O)CO)S1. The Bertz CT molecular complexity index is 149. The average molecular weight is 176 g/mol. The number of hydrogen-bond donors (Lipinski definition) is 2. The van der Waals surface area contributed by atoms with E-state index in [1.807, 2.05) is 0 Å². The molecule has 2 N–H and O–H groups in total. The van der Waals surface area contributed by atoms with Crippen molar-refractivity contribution in [2.75, 3.05) is 6.61 Å². The highest BCUT2D eigenvalue weighted by atomic mass is 32.2. The first-order chi connectivity index (χ1) is 5.22. The molecule has 0 aromatic heterocycles. The van der Waals surface area contributed by atoms with Crippen LogP contribution in [0.1, 0.15) is 19.3 Å². The van der Waals surface area contributed by atoms with E-state index in [2.05, 4.69) is 0 Å². The fourth-order valence-electron chi connectivity index (χ4n) is 1.13. The maximum atomic E-state index is 10.7. The maximum Gasteiger partial charge on any atom is 0.189 e. The van der Waals surface area contributed by atoms with Crippen molar-refractivity contribution in [3.05, 3.63) is 0 Å². The summed E-state index contributed by atoms with van der Waals surface area (Å²) in [5, 5.41) is 18.0. The van der Waals surface area contributed by atoms with Crippen molar-refractivity contribution in [2.24, 2.45) is 0 Å². The van der Waals surface area contributed by atoms with Crippen LogP contribution < -0.4 is 0 Å². The Morgan fingerprint density at radius 1 is 1.73 bits per heavy atom. The van der Waals surface area contributed by atoms with Crippen molar-refractivity contribution in [3.8, 4) is 0 Å². The molecule has 1 aliphatic rings. The summed E-state index contributed by atoms with van der Waals surface area (Å²) in [5.74, 6) is 0. The molecule has 0 aromatic rings. The van der Waals surface area contributed by atoms with E-state index in [1.165, 1.54) is 11.8 Å². The number of carbonyl (C=O) groups excluding carboxylic acids is 1. The van der Waals surface area contributed by atoms with Crippen LogP contribution in [0.2, 0.25) is 0 Å². The second kappa shape index (κ2) is 4.09. The molecule has 0 aliphatic carbocycles. The van der Waals surface area contributed by atoms with E-state index < -0.39 is 6.10 Å². The van der Waals surface area contributed by atoms with Crippen LogP contribution >= 0.6 is 11.8 Å². The highest BCUT2D eigenvalue weighted by Gasteiger charge is 2.24. The summed E-state index contributed by atoms with van der Waals surface area (Å²) in [6, 6.07) is 0. The smallest absolute Gasteiger partial charge is 0.189 e. The molecule has 0 unspecified atom stereocenters. The minimum Gasteiger partial charge on any atom is -0.394 e. The zero-order valence-electron chi connectivity index (χ0n) is 6.19. The van der Waals surface area contributed by atoms with E-state index >= 15 is 0 Å². The van der Waals surface area contributed by atoms with Crippen molar-refractivity contribution in [3.63, 3.8) is 0 Å². The molecule has 11 heavy (non-hydrogen) atoms. The van der Waals surface area contributed by atoms with Gasteiger partial charge in [-0.3, -0.25) is 4.79 Å². The van der Waals surface area contributed by atoms with Crippen molar-refractivity contribution in [1.82, 2.24) is 0 Å². The lowest BCUT2D eigenvalue weighted by Gasteiger charge is -2.10. The summed E-state index contributed by atoms with van der Waals surface area (Å²) in [6.45, 7) is -0.203. The summed E-state index contributed by atoms with van der Waals surface area (Å²) in [4.78, 5) is 10.7. The third kappa shape index (κ3) is 2.81. The first-order valence-electron chi connectivity index (χ1n) is 3.70. The lowest BCUT2D eigenvalue weighted by atomic mass is 10.1. The minimum absolute atomic E-state index is 0.203. The van der Waals surface area contributed by atoms with E-state index in [0.717, 1.165) is 6.42 Å². The molecular weight excluding hydrogens is 164 g/mol.